The summed E-state index contributed by atoms with van der Waals surface area (Å²) in [6.07, 6.45) is 2.51. The van der Waals surface area contributed by atoms with Crippen LogP contribution in [0.25, 0.3) is 10.2 Å². The molecule has 1 aliphatic heterocycles. The number of aryl methyl sites for hydroxylation is 2. The maximum atomic E-state index is 4.81. The number of aromatic nitrogens is 1. The number of hydrogen-bond donors (Lipinski definition) is 1. The first-order chi connectivity index (χ1) is 7.75. The molecule has 3 heteroatoms. The van der Waals surface area contributed by atoms with E-state index < -0.39 is 0 Å². The summed E-state index contributed by atoms with van der Waals surface area (Å²) in [5.41, 5.74) is 3.84. The second-order valence-corrected chi connectivity index (χ2v) is 5.61. The van der Waals surface area contributed by atoms with Gasteiger partial charge in [0.1, 0.15) is 5.01 Å². The maximum absolute atomic E-state index is 4.81. The minimum absolute atomic E-state index is 0.496. The predicted octanol–water partition coefficient (Wildman–Crippen LogP) is 3.34. The van der Waals surface area contributed by atoms with E-state index in [2.05, 4.69) is 31.3 Å². The van der Waals surface area contributed by atoms with Crippen LogP contribution in [0.1, 0.15) is 35.0 Å². The SMILES string of the molecule is Cc1ccc(C)c2sc(C3CCCN3)nc12. The molecule has 0 spiro atoms. The number of hydrogen-bond acceptors (Lipinski definition) is 3. The van der Waals surface area contributed by atoms with Gasteiger partial charge >= 0.3 is 0 Å². The van der Waals surface area contributed by atoms with E-state index in [0.717, 1.165) is 6.54 Å². The Morgan fingerprint density at radius 3 is 2.81 bits per heavy atom. The zero-order valence-corrected chi connectivity index (χ0v) is 10.5. The molecule has 0 radical (unpaired) electrons. The van der Waals surface area contributed by atoms with E-state index in [-0.39, 0.29) is 0 Å². The van der Waals surface area contributed by atoms with E-state index in [1.54, 1.807) is 0 Å². The molecule has 0 bridgehead atoms. The lowest BCUT2D eigenvalue weighted by Gasteiger charge is -2.03. The summed E-state index contributed by atoms with van der Waals surface area (Å²) >= 11 is 1.86. The second kappa shape index (κ2) is 3.82. The molecule has 1 aromatic carbocycles. The summed E-state index contributed by atoms with van der Waals surface area (Å²) in [5.74, 6) is 0. The third-order valence-corrected chi connectivity index (χ3v) is 4.62. The third-order valence-electron chi connectivity index (χ3n) is 3.32. The van der Waals surface area contributed by atoms with E-state index in [0.29, 0.717) is 6.04 Å². The molecule has 1 N–H and O–H groups in total. The number of nitrogens with zero attached hydrogens (tertiary/aromatic N) is 1. The Kier molecular flexibility index (Phi) is 2.45. The van der Waals surface area contributed by atoms with Gasteiger partial charge in [-0.15, -0.1) is 11.3 Å². The van der Waals surface area contributed by atoms with Crippen LogP contribution in [-0.4, -0.2) is 11.5 Å². The van der Waals surface area contributed by atoms with Crippen LogP contribution in [0.3, 0.4) is 0 Å². The van der Waals surface area contributed by atoms with Crippen LogP contribution in [0, 0.1) is 13.8 Å². The molecule has 2 heterocycles. The molecule has 3 rings (SSSR count). The lowest BCUT2D eigenvalue weighted by Crippen LogP contribution is -2.12. The van der Waals surface area contributed by atoms with Crippen molar-refractivity contribution in [3.05, 3.63) is 28.3 Å². The normalized spacial score (nSPS) is 20.8. The predicted molar refractivity (Wildman–Crippen MR) is 69.1 cm³/mol. The first-order valence-corrected chi connectivity index (χ1v) is 6.67. The summed E-state index contributed by atoms with van der Waals surface area (Å²) in [7, 11) is 0. The van der Waals surface area contributed by atoms with Crippen molar-refractivity contribution in [1.82, 2.24) is 10.3 Å². The summed E-state index contributed by atoms with van der Waals surface area (Å²) in [4.78, 5) is 4.81. The van der Waals surface area contributed by atoms with Gasteiger partial charge in [-0.25, -0.2) is 4.98 Å². The molecule has 1 atom stereocenters. The third kappa shape index (κ3) is 1.55. The van der Waals surface area contributed by atoms with E-state index in [4.69, 9.17) is 4.98 Å². The van der Waals surface area contributed by atoms with Gasteiger partial charge < -0.3 is 5.32 Å². The van der Waals surface area contributed by atoms with Gasteiger partial charge in [0.05, 0.1) is 16.3 Å². The van der Waals surface area contributed by atoms with Crippen LogP contribution in [-0.2, 0) is 0 Å². The molecular weight excluding hydrogens is 216 g/mol. The van der Waals surface area contributed by atoms with Crippen LogP contribution in [0.15, 0.2) is 12.1 Å². The van der Waals surface area contributed by atoms with Gasteiger partial charge in [-0.3, -0.25) is 0 Å². The van der Waals surface area contributed by atoms with E-state index in [1.807, 2.05) is 11.3 Å². The van der Waals surface area contributed by atoms with Crippen molar-refractivity contribution >= 4 is 21.6 Å². The molecule has 1 aromatic heterocycles. The first kappa shape index (κ1) is 10.2. The molecular formula is C13H16N2S. The van der Waals surface area contributed by atoms with Gasteiger partial charge in [0.25, 0.3) is 0 Å². The minimum atomic E-state index is 0.496. The van der Waals surface area contributed by atoms with Crippen molar-refractivity contribution in [2.75, 3.05) is 6.54 Å². The topological polar surface area (TPSA) is 24.9 Å². The summed E-state index contributed by atoms with van der Waals surface area (Å²) in [6, 6.07) is 4.86. The van der Waals surface area contributed by atoms with Gasteiger partial charge in [0.2, 0.25) is 0 Å². The Bertz CT molecular complexity index is 485. The highest BCUT2D eigenvalue weighted by molar-refractivity contribution is 7.18. The number of rotatable bonds is 1. The summed E-state index contributed by atoms with van der Waals surface area (Å²) in [6.45, 7) is 5.46. The van der Waals surface area contributed by atoms with E-state index in [9.17, 15) is 0 Å². The fourth-order valence-corrected chi connectivity index (χ4v) is 3.54. The average molecular weight is 232 g/mol. The highest BCUT2D eigenvalue weighted by Crippen LogP contribution is 2.33. The van der Waals surface area contributed by atoms with Crippen LogP contribution < -0.4 is 5.32 Å². The Labute approximate surface area is 99.7 Å². The number of fused-ring (bicyclic) bond motifs is 1. The van der Waals surface area contributed by atoms with Gasteiger partial charge in [0.15, 0.2) is 0 Å². The summed E-state index contributed by atoms with van der Waals surface area (Å²) in [5, 5.41) is 4.79. The highest BCUT2D eigenvalue weighted by atomic mass is 32.1. The van der Waals surface area contributed by atoms with Crippen LogP contribution in [0.2, 0.25) is 0 Å². The fraction of sp³-hybridized carbons (Fsp3) is 0.462. The standard InChI is InChI=1S/C13H16N2S/c1-8-5-6-9(2)12-11(8)15-13(16-12)10-4-3-7-14-10/h5-6,10,14H,3-4,7H2,1-2H3. The Balaban J connectivity index is 2.14. The first-order valence-electron chi connectivity index (χ1n) is 5.86. The smallest absolute Gasteiger partial charge is 0.111 e. The van der Waals surface area contributed by atoms with Gasteiger partial charge in [0, 0.05) is 0 Å². The van der Waals surface area contributed by atoms with Crippen molar-refractivity contribution in [2.24, 2.45) is 0 Å². The molecule has 1 fully saturated rings. The summed E-state index contributed by atoms with van der Waals surface area (Å²) < 4.78 is 1.36. The van der Waals surface area contributed by atoms with Crippen molar-refractivity contribution < 1.29 is 0 Å². The molecule has 2 nitrogen and oxygen atoms in total. The molecule has 0 aliphatic carbocycles. The molecule has 1 saturated heterocycles. The van der Waals surface area contributed by atoms with Crippen LogP contribution >= 0.6 is 11.3 Å². The van der Waals surface area contributed by atoms with Crippen molar-refractivity contribution in [1.29, 1.82) is 0 Å². The zero-order valence-electron chi connectivity index (χ0n) is 9.71. The lowest BCUT2D eigenvalue weighted by molar-refractivity contribution is 0.644. The van der Waals surface area contributed by atoms with Crippen molar-refractivity contribution in [3.8, 4) is 0 Å². The van der Waals surface area contributed by atoms with Gasteiger partial charge in [-0.1, -0.05) is 12.1 Å². The Morgan fingerprint density at radius 2 is 2.12 bits per heavy atom. The molecule has 16 heavy (non-hydrogen) atoms. The average Bonchev–Trinajstić information content (AvgIpc) is 2.90. The number of nitrogens with one attached hydrogen (secondary N) is 1. The molecule has 0 amide bonds. The van der Waals surface area contributed by atoms with Crippen molar-refractivity contribution in [2.45, 2.75) is 32.7 Å². The van der Waals surface area contributed by atoms with Gasteiger partial charge in [-0.2, -0.15) is 0 Å². The fourth-order valence-electron chi connectivity index (χ4n) is 2.32. The monoisotopic (exact) mass is 232 g/mol. The van der Waals surface area contributed by atoms with Crippen LogP contribution in [0.5, 0.6) is 0 Å². The van der Waals surface area contributed by atoms with Crippen molar-refractivity contribution in [3.63, 3.8) is 0 Å². The second-order valence-electron chi connectivity index (χ2n) is 4.58. The molecule has 2 aromatic rings. The number of benzene rings is 1. The maximum Gasteiger partial charge on any atom is 0.111 e. The van der Waals surface area contributed by atoms with Gasteiger partial charge in [-0.05, 0) is 44.4 Å². The number of thiazole rings is 1. The zero-order chi connectivity index (χ0) is 11.1. The van der Waals surface area contributed by atoms with E-state index in [1.165, 1.54) is 39.2 Å². The molecule has 0 saturated carbocycles. The Hall–Kier alpha value is -0.930. The van der Waals surface area contributed by atoms with E-state index >= 15 is 0 Å². The van der Waals surface area contributed by atoms with Crippen LogP contribution in [0.4, 0.5) is 0 Å². The highest BCUT2D eigenvalue weighted by Gasteiger charge is 2.20. The quantitative estimate of drug-likeness (QED) is 0.815. The lowest BCUT2D eigenvalue weighted by atomic mass is 10.1. The minimum Gasteiger partial charge on any atom is -0.308 e. The largest absolute Gasteiger partial charge is 0.308 e. The Morgan fingerprint density at radius 1 is 1.31 bits per heavy atom. The molecule has 1 aliphatic rings. The molecule has 84 valence electrons. The molecule has 1 unspecified atom stereocenters.